The van der Waals surface area contributed by atoms with E-state index in [9.17, 15) is 0 Å². The van der Waals surface area contributed by atoms with E-state index in [0.29, 0.717) is 0 Å². The van der Waals surface area contributed by atoms with Gasteiger partial charge in [-0.1, -0.05) is 43.7 Å². The molecule has 0 fully saturated rings. The third-order valence-corrected chi connectivity index (χ3v) is 3.81. The molecule has 2 nitrogen and oxygen atoms in total. The SMILES string of the molecule is CCC[C@@](CCOCC)(c1ccccc1)[C@@H](C)N. The first-order valence-corrected chi connectivity index (χ1v) is 7.06. The third-order valence-electron chi connectivity index (χ3n) is 3.81. The first kappa shape index (κ1) is 15.2. The molecule has 0 unspecified atom stereocenters. The molecule has 102 valence electrons. The molecule has 0 aliphatic rings. The lowest BCUT2D eigenvalue weighted by molar-refractivity contribution is 0.116. The van der Waals surface area contributed by atoms with E-state index < -0.39 is 0 Å². The molecule has 0 aromatic heterocycles. The van der Waals surface area contributed by atoms with E-state index in [2.05, 4.69) is 44.2 Å². The van der Waals surface area contributed by atoms with Crippen molar-refractivity contribution in [2.45, 2.75) is 51.5 Å². The van der Waals surface area contributed by atoms with Crippen LogP contribution < -0.4 is 5.73 Å². The van der Waals surface area contributed by atoms with Crippen LogP contribution in [0.15, 0.2) is 30.3 Å². The Morgan fingerprint density at radius 1 is 1.17 bits per heavy atom. The monoisotopic (exact) mass is 249 g/mol. The van der Waals surface area contributed by atoms with Gasteiger partial charge in [-0.3, -0.25) is 0 Å². The maximum atomic E-state index is 6.32. The number of rotatable bonds is 8. The molecule has 0 aliphatic carbocycles. The molecule has 1 aromatic rings. The van der Waals surface area contributed by atoms with Crippen LogP contribution in [-0.4, -0.2) is 19.3 Å². The van der Waals surface area contributed by atoms with Crippen LogP contribution in [0, 0.1) is 0 Å². The van der Waals surface area contributed by atoms with Gasteiger partial charge in [0.1, 0.15) is 0 Å². The minimum absolute atomic E-state index is 0.0468. The van der Waals surface area contributed by atoms with E-state index in [1.54, 1.807) is 0 Å². The summed E-state index contributed by atoms with van der Waals surface area (Å²) in [4.78, 5) is 0. The Balaban J connectivity index is 2.97. The summed E-state index contributed by atoms with van der Waals surface area (Å²) in [7, 11) is 0. The van der Waals surface area contributed by atoms with Gasteiger partial charge in [-0.2, -0.15) is 0 Å². The first-order chi connectivity index (χ1) is 8.67. The minimum atomic E-state index is 0.0468. The fourth-order valence-corrected chi connectivity index (χ4v) is 2.75. The number of hydrogen-bond acceptors (Lipinski definition) is 2. The fraction of sp³-hybridized carbons (Fsp3) is 0.625. The Kier molecular flexibility index (Phi) is 6.37. The molecular weight excluding hydrogens is 222 g/mol. The largest absolute Gasteiger partial charge is 0.382 e. The fourth-order valence-electron chi connectivity index (χ4n) is 2.75. The zero-order chi connectivity index (χ0) is 13.4. The molecule has 0 spiro atoms. The first-order valence-electron chi connectivity index (χ1n) is 7.06. The van der Waals surface area contributed by atoms with Gasteiger partial charge >= 0.3 is 0 Å². The molecule has 1 aromatic carbocycles. The van der Waals surface area contributed by atoms with Gasteiger partial charge in [-0.05, 0) is 32.3 Å². The average molecular weight is 249 g/mol. The number of benzene rings is 1. The second kappa shape index (κ2) is 7.55. The Hall–Kier alpha value is -0.860. The zero-order valence-electron chi connectivity index (χ0n) is 12.0. The summed E-state index contributed by atoms with van der Waals surface area (Å²) in [6.07, 6.45) is 3.25. The predicted octanol–water partition coefficient (Wildman–Crippen LogP) is 3.50. The number of ether oxygens (including phenoxy) is 1. The number of nitrogens with two attached hydrogens (primary N) is 1. The molecule has 0 heterocycles. The Morgan fingerprint density at radius 2 is 1.83 bits per heavy atom. The highest BCUT2D eigenvalue weighted by molar-refractivity contribution is 5.27. The summed E-state index contributed by atoms with van der Waals surface area (Å²) in [5.74, 6) is 0. The summed E-state index contributed by atoms with van der Waals surface area (Å²) in [5, 5.41) is 0. The van der Waals surface area contributed by atoms with Gasteiger partial charge in [0.25, 0.3) is 0 Å². The molecule has 0 radical (unpaired) electrons. The van der Waals surface area contributed by atoms with Crippen molar-refractivity contribution in [3.05, 3.63) is 35.9 Å². The van der Waals surface area contributed by atoms with Crippen LogP contribution in [-0.2, 0) is 10.2 Å². The van der Waals surface area contributed by atoms with Crippen LogP contribution in [0.4, 0.5) is 0 Å². The molecule has 2 heteroatoms. The quantitative estimate of drug-likeness (QED) is 0.716. The third kappa shape index (κ3) is 3.56. The maximum Gasteiger partial charge on any atom is 0.0474 e. The highest BCUT2D eigenvalue weighted by Gasteiger charge is 2.34. The van der Waals surface area contributed by atoms with Gasteiger partial charge in [-0.15, -0.1) is 0 Å². The minimum Gasteiger partial charge on any atom is -0.382 e. The van der Waals surface area contributed by atoms with E-state index >= 15 is 0 Å². The molecule has 2 N–H and O–H groups in total. The second-order valence-electron chi connectivity index (χ2n) is 5.01. The lowest BCUT2D eigenvalue weighted by Gasteiger charge is -2.38. The molecule has 2 atom stereocenters. The second-order valence-corrected chi connectivity index (χ2v) is 5.01. The van der Waals surface area contributed by atoms with Crippen LogP contribution in [0.2, 0.25) is 0 Å². The Bertz CT molecular complexity index is 323. The highest BCUT2D eigenvalue weighted by atomic mass is 16.5. The van der Waals surface area contributed by atoms with Gasteiger partial charge in [0.2, 0.25) is 0 Å². The van der Waals surface area contributed by atoms with Crippen LogP contribution in [0.25, 0.3) is 0 Å². The van der Waals surface area contributed by atoms with Crippen molar-refractivity contribution in [1.82, 2.24) is 0 Å². The summed E-state index contributed by atoms with van der Waals surface area (Å²) >= 11 is 0. The van der Waals surface area contributed by atoms with Gasteiger partial charge in [0.05, 0.1) is 0 Å². The van der Waals surface area contributed by atoms with Crippen LogP contribution in [0.5, 0.6) is 0 Å². The van der Waals surface area contributed by atoms with Crippen LogP contribution in [0.3, 0.4) is 0 Å². The molecule has 0 bridgehead atoms. The van der Waals surface area contributed by atoms with E-state index in [-0.39, 0.29) is 11.5 Å². The topological polar surface area (TPSA) is 35.2 Å². The lowest BCUT2D eigenvalue weighted by Crippen LogP contribution is -2.44. The van der Waals surface area contributed by atoms with E-state index in [0.717, 1.165) is 32.5 Å². The summed E-state index contributed by atoms with van der Waals surface area (Å²) < 4.78 is 5.55. The van der Waals surface area contributed by atoms with Crippen molar-refractivity contribution in [2.24, 2.45) is 5.73 Å². The van der Waals surface area contributed by atoms with Crippen LogP contribution >= 0.6 is 0 Å². The molecule has 0 saturated heterocycles. The Labute approximate surface area is 112 Å². The standard InChI is InChI=1S/C16H27NO/c1-4-11-16(14(3)17,12-13-18-5-2)15-9-7-6-8-10-15/h6-10,14H,4-5,11-13,17H2,1-3H3/t14-,16+/m1/s1. The predicted molar refractivity (Wildman–Crippen MR) is 77.8 cm³/mol. The van der Waals surface area contributed by atoms with Crippen molar-refractivity contribution in [3.63, 3.8) is 0 Å². The van der Waals surface area contributed by atoms with E-state index in [1.807, 2.05) is 6.92 Å². The van der Waals surface area contributed by atoms with Crippen molar-refractivity contribution in [3.8, 4) is 0 Å². The summed E-state index contributed by atoms with van der Waals surface area (Å²) in [6, 6.07) is 10.8. The van der Waals surface area contributed by atoms with E-state index in [4.69, 9.17) is 10.5 Å². The zero-order valence-corrected chi connectivity index (χ0v) is 12.0. The van der Waals surface area contributed by atoms with Crippen molar-refractivity contribution < 1.29 is 4.74 Å². The average Bonchev–Trinajstić information content (AvgIpc) is 2.38. The molecule has 0 saturated carbocycles. The van der Waals surface area contributed by atoms with Crippen LogP contribution in [0.1, 0.15) is 45.6 Å². The van der Waals surface area contributed by atoms with E-state index in [1.165, 1.54) is 5.56 Å². The highest BCUT2D eigenvalue weighted by Crippen LogP contribution is 2.35. The summed E-state index contributed by atoms with van der Waals surface area (Å²) in [5.41, 5.74) is 7.71. The maximum absolute atomic E-state index is 6.32. The molecule has 0 aliphatic heterocycles. The normalized spacial score (nSPS) is 16.2. The Morgan fingerprint density at radius 3 is 2.33 bits per heavy atom. The summed E-state index contributed by atoms with van der Waals surface area (Å²) in [6.45, 7) is 7.94. The lowest BCUT2D eigenvalue weighted by atomic mass is 9.69. The number of hydrogen-bond donors (Lipinski definition) is 1. The van der Waals surface area contributed by atoms with Gasteiger partial charge in [-0.25, -0.2) is 0 Å². The molecule has 1 rings (SSSR count). The molecular formula is C16H27NO. The van der Waals surface area contributed by atoms with Crippen molar-refractivity contribution in [2.75, 3.05) is 13.2 Å². The smallest absolute Gasteiger partial charge is 0.0474 e. The van der Waals surface area contributed by atoms with Gasteiger partial charge in [0.15, 0.2) is 0 Å². The van der Waals surface area contributed by atoms with Gasteiger partial charge in [0, 0.05) is 24.7 Å². The van der Waals surface area contributed by atoms with Gasteiger partial charge < -0.3 is 10.5 Å². The molecule has 0 amide bonds. The van der Waals surface area contributed by atoms with Crippen molar-refractivity contribution in [1.29, 1.82) is 0 Å². The van der Waals surface area contributed by atoms with Crippen molar-refractivity contribution >= 4 is 0 Å². The molecule has 18 heavy (non-hydrogen) atoms.